The van der Waals surface area contributed by atoms with Crippen molar-refractivity contribution in [2.45, 2.75) is 24.8 Å². The number of carbonyl (C=O) groups excluding carboxylic acids is 3. The Morgan fingerprint density at radius 2 is 1.69 bits per heavy atom. The normalized spacial score (nSPS) is 19.4. The van der Waals surface area contributed by atoms with Crippen LogP contribution >= 0.6 is 30.4 Å². The van der Waals surface area contributed by atoms with E-state index in [4.69, 9.17) is 10.00 Å². The maximum atomic E-state index is 13.7. The fourth-order valence-electron chi connectivity index (χ4n) is 5.75. The number of ether oxygens (including phenoxy) is 1. The zero-order valence-electron chi connectivity index (χ0n) is 27.6. The van der Waals surface area contributed by atoms with E-state index in [1.54, 1.807) is 24.3 Å². The molecule has 2 aliphatic heterocycles. The van der Waals surface area contributed by atoms with Crippen molar-refractivity contribution in [3.05, 3.63) is 69.4 Å². The van der Waals surface area contributed by atoms with Crippen molar-refractivity contribution < 1.29 is 57.6 Å². The van der Waals surface area contributed by atoms with Gasteiger partial charge >= 0.3 is 33.0 Å². The summed E-state index contributed by atoms with van der Waals surface area (Å²) in [6, 6.07) is 14.9. The molecule has 0 saturated carbocycles. The van der Waals surface area contributed by atoms with E-state index in [1.165, 1.54) is 12.3 Å². The molecule has 1 N–H and O–H groups in total. The van der Waals surface area contributed by atoms with Crippen molar-refractivity contribution >= 4 is 59.0 Å². The molecule has 3 aromatic rings. The Hall–Kier alpha value is -3.89. The van der Waals surface area contributed by atoms with Gasteiger partial charge in [0.05, 0.1) is 76.6 Å². The van der Waals surface area contributed by atoms with Gasteiger partial charge in [0.15, 0.2) is 0 Å². The Balaban J connectivity index is 0.000000785. The summed E-state index contributed by atoms with van der Waals surface area (Å²) >= 11 is 2.22. The molecule has 52 heavy (non-hydrogen) atoms. The predicted molar refractivity (Wildman–Crippen MR) is 184 cm³/mol. The average molecular weight is 877 g/mol. The number of carbonyl (C=O) groups is 3. The van der Waals surface area contributed by atoms with E-state index in [0.29, 0.717) is 41.9 Å². The first-order valence-corrected chi connectivity index (χ1v) is 18.8. The van der Waals surface area contributed by atoms with Crippen molar-refractivity contribution in [2.24, 2.45) is 0 Å². The Bertz CT molecular complexity index is 1840. The molecular weight excluding hydrogens is 842 g/mol. The molecular formula is C32H34F8IN6O4P. The summed E-state index contributed by atoms with van der Waals surface area (Å²) in [4.78, 5) is 45.4. The van der Waals surface area contributed by atoms with E-state index in [1.807, 2.05) is 29.2 Å². The van der Waals surface area contributed by atoms with Crippen LogP contribution in [0.3, 0.4) is 0 Å². The number of benzene rings is 2. The van der Waals surface area contributed by atoms with Crippen LogP contribution in [0.5, 0.6) is 5.75 Å². The number of nitrogens with one attached hydrogen (secondary N) is 1. The first-order valence-electron chi connectivity index (χ1n) is 15.7. The van der Waals surface area contributed by atoms with E-state index in [2.05, 4.69) is 39.9 Å². The van der Waals surface area contributed by atoms with E-state index in [-0.39, 0.29) is 11.5 Å². The van der Waals surface area contributed by atoms with Gasteiger partial charge in [0, 0.05) is 33.6 Å². The summed E-state index contributed by atoms with van der Waals surface area (Å²) in [5.74, 6) is -3.81. The van der Waals surface area contributed by atoms with Gasteiger partial charge in [-0.3, -0.25) is 19.4 Å². The van der Waals surface area contributed by atoms with Crippen LogP contribution in [-0.4, -0.2) is 108 Å². The second-order valence-electron chi connectivity index (χ2n) is 12.7. The number of likely N-dealkylation sites (tertiary alicyclic amines) is 1. The molecule has 10 nitrogen and oxygen atoms in total. The number of hydrogen-bond donors (Lipinski definition) is 1. The third kappa shape index (κ3) is 12.7. The van der Waals surface area contributed by atoms with Crippen LogP contribution in [0.15, 0.2) is 54.7 Å². The topological polar surface area (TPSA) is 116 Å². The van der Waals surface area contributed by atoms with Crippen LogP contribution in [0, 0.1) is 14.9 Å². The van der Waals surface area contributed by atoms with E-state index in [9.17, 15) is 48.3 Å². The zero-order valence-corrected chi connectivity index (χ0v) is 30.6. The zero-order chi connectivity index (χ0) is 38.6. The van der Waals surface area contributed by atoms with Gasteiger partial charge in [0.25, 0.3) is 17.7 Å². The summed E-state index contributed by atoms with van der Waals surface area (Å²) in [5.41, 5.74) is 1.53. The van der Waals surface area contributed by atoms with Crippen molar-refractivity contribution in [1.29, 1.82) is 5.26 Å². The molecule has 1 aromatic heterocycles. The number of nitrogens with zero attached hydrogens (tertiary/aromatic N) is 5. The Kier molecular flexibility index (Phi) is 11.7. The van der Waals surface area contributed by atoms with Crippen molar-refractivity contribution in [2.75, 3.05) is 59.5 Å². The number of likely N-dealkylation sites (N-methyl/N-ethyl adjacent to an activating group) is 1. The van der Waals surface area contributed by atoms with Gasteiger partial charge in [0.1, 0.15) is 11.8 Å². The second-order valence-corrected chi connectivity index (χ2v) is 15.9. The number of piperazine rings is 1. The molecule has 2 saturated heterocycles. The van der Waals surface area contributed by atoms with Gasteiger partial charge in [-0.25, -0.2) is 8.78 Å². The van der Waals surface area contributed by atoms with Crippen LogP contribution < -0.4 is 10.1 Å². The average Bonchev–Trinajstić information content (AvgIpc) is 3.38. The first kappa shape index (κ1) is 40.9. The molecule has 2 fully saturated rings. The fraction of sp³-hybridized carbons (Fsp3) is 0.406. The van der Waals surface area contributed by atoms with Crippen LogP contribution in [-0.2, 0) is 4.79 Å². The first-order chi connectivity index (χ1) is 23.9. The fourth-order valence-corrected chi connectivity index (χ4v) is 6.11. The number of nitriles is 1. The molecule has 1 atom stereocenters. The minimum atomic E-state index is -10.7. The standard InChI is InChI=1S/C32H33F2IN6O4.F6P/c1-41(14-11-39(12-15-41)31(44)22-3-5-23(35)6-4-22)13-2-16-45-25-7-8-28-27(17-25)26(9-10-37-28)30(43)38-20-29(42)40-21-32(33,34)18-24(40)19-36;1-7(2,3,4,5)6/h3-10,17,24H,2,11-16,18,20-21H2,1H3;/q;-1/p+1/t24-;/m0./s1. The number of fused-ring (bicyclic) bond motifs is 1. The van der Waals surface area contributed by atoms with Crippen LogP contribution in [0.25, 0.3) is 10.9 Å². The van der Waals surface area contributed by atoms with Gasteiger partial charge in [-0.15, -0.1) is 0 Å². The summed E-state index contributed by atoms with van der Waals surface area (Å²) < 4.78 is 94.6. The number of aromatic nitrogens is 1. The number of amides is 3. The SMILES string of the molecule is C[N+]1(CCCOc2ccc3nccc(C(=O)NCC(=O)N4CC(F)(F)C[C@H]4C#N)c3c2)CCN(C(=O)c2ccc(I)cc2)CC1.F[P-](F)(F)(F)(F)F. The molecule has 2 aliphatic rings. The van der Waals surface area contributed by atoms with Gasteiger partial charge in [0.2, 0.25) is 5.91 Å². The Morgan fingerprint density at radius 3 is 2.31 bits per heavy atom. The minimum absolute atomic E-state index is 0.0651. The Morgan fingerprint density at radius 1 is 1.06 bits per heavy atom. The second kappa shape index (κ2) is 14.9. The quantitative estimate of drug-likeness (QED) is 0.0809. The molecule has 2 aromatic carbocycles. The van der Waals surface area contributed by atoms with Crippen LogP contribution in [0.4, 0.5) is 34.0 Å². The van der Waals surface area contributed by atoms with Crippen molar-refractivity contribution in [3.8, 4) is 11.8 Å². The van der Waals surface area contributed by atoms with Crippen LogP contribution in [0.2, 0.25) is 0 Å². The molecule has 3 amide bonds. The van der Waals surface area contributed by atoms with Crippen molar-refractivity contribution in [1.82, 2.24) is 20.1 Å². The molecule has 20 heteroatoms. The summed E-state index contributed by atoms with van der Waals surface area (Å²) in [6.45, 7) is 3.09. The van der Waals surface area contributed by atoms with E-state index < -0.39 is 51.1 Å². The third-order valence-corrected chi connectivity index (χ3v) is 9.13. The van der Waals surface area contributed by atoms with Gasteiger partial charge in [-0.2, -0.15) is 5.26 Å². The molecule has 3 heterocycles. The molecule has 5 rings (SSSR count). The van der Waals surface area contributed by atoms with Gasteiger partial charge < -0.3 is 24.3 Å². The molecule has 0 bridgehead atoms. The number of rotatable bonds is 9. The summed E-state index contributed by atoms with van der Waals surface area (Å²) in [6.07, 6.45) is 1.55. The van der Waals surface area contributed by atoms with Crippen LogP contribution in [0.1, 0.15) is 33.6 Å². The van der Waals surface area contributed by atoms with E-state index >= 15 is 0 Å². The molecule has 0 spiro atoms. The van der Waals surface area contributed by atoms with Crippen molar-refractivity contribution in [3.63, 3.8) is 0 Å². The number of hydrogen-bond acceptors (Lipinski definition) is 6. The predicted octanol–water partition coefficient (Wildman–Crippen LogP) is 7.08. The molecule has 284 valence electrons. The Labute approximate surface area is 306 Å². The summed E-state index contributed by atoms with van der Waals surface area (Å²) in [5, 5.41) is 12.2. The molecule has 0 unspecified atom stereocenters. The number of quaternary nitrogens is 1. The molecule has 0 aliphatic carbocycles. The number of pyridine rings is 1. The molecule has 0 radical (unpaired) electrons. The maximum absolute atomic E-state index is 13.7. The summed E-state index contributed by atoms with van der Waals surface area (Å²) in [7, 11) is -8.46. The third-order valence-electron chi connectivity index (χ3n) is 8.41. The van der Waals surface area contributed by atoms with Gasteiger partial charge in [-0.05, 0) is 71.1 Å². The number of alkyl halides is 2. The van der Waals surface area contributed by atoms with E-state index in [0.717, 1.165) is 39.0 Å². The number of halogens is 9. The van der Waals surface area contributed by atoms with Gasteiger partial charge in [-0.1, -0.05) is 0 Å². The monoisotopic (exact) mass is 876 g/mol.